The second-order valence-corrected chi connectivity index (χ2v) is 9.56. The van der Waals surface area contributed by atoms with Gasteiger partial charge in [0.1, 0.15) is 11.6 Å². The first-order chi connectivity index (χ1) is 13.2. The zero-order valence-electron chi connectivity index (χ0n) is 16.5. The molecule has 7 heteroatoms. The minimum atomic E-state index is -3.62. The number of rotatable bonds is 5. The van der Waals surface area contributed by atoms with E-state index in [9.17, 15) is 17.9 Å². The lowest BCUT2D eigenvalue weighted by Crippen LogP contribution is -2.48. The molecule has 0 bridgehead atoms. The molecule has 0 saturated carbocycles. The van der Waals surface area contributed by atoms with Crippen LogP contribution in [0.1, 0.15) is 36.5 Å². The summed E-state index contributed by atoms with van der Waals surface area (Å²) in [6.45, 7) is 8.71. The number of piperazine rings is 1. The van der Waals surface area contributed by atoms with Crippen LogP contribution in [0.25, 0.3) is 0 Å². The Hall–Kier alpha value is -1.96. The van der Waals surface area contributed by atoms with Crippen molar-refractivity contribution in [2.45, 2.75) is 38.1 Å². The highest BCUT2D eigenvalue weighted by atomic mass is 32.2. The summed E-state index contributed by atoms with van der Waals surface area (Å²) in [5, 5.41) is 10.3. The zero-order chi connectivity index (χ0) is 20.5. The van der Waals surface area contributed by atoms with E-state index >= 15 is 0 Å². The third-order valence-corrected chi connectivity index (χ3v) is 7.18. The third-order valence-electron chi connectivity index (χ3n) is 5.27. The number of hydrogen-bond acceptors (Lipinski definition) is 4. The van der Waals surface area contributed by atoms with Gasteiger partial charge in [-0.05, 0) is 54.3 Å². The summed E-state index contributed by atoms with van der Waals surface area (Å²) in [7, 11) is -3.62. The highest BCUT2D eigenvalue weighted by Gasteiger charge is 2.28. The Labute approximate surface area is 166 Å². The van der Waals surface area contributed by atoms with Gasteiger partial charge in [0.15, 0.2) is 0 Å². The van der Waals surface area contributed by atoms with Crippen LogP contribution in [-0.2, 0) is 16.6 Å². The van der Waals surface area contributed by atoms with E-state index in [1.165, 1.54) is 22.0 Å². The molecular weight excluding hydrogens is 379 g/mol. The number of aryl methyl sites for hydroxylation is 1. The fraction of sp³-hybridized carbons (Fsp3) is 0.429. The molecule has 0 aliphatic carbocycles. The Morgan fingerprint density at radius 2 is 1.68 bits per heavy atom. The van der Waals surface area contributed by atoms with E-state index in [0.29, 0.717) is 38.6 Å². The molecule has 0 radical (unpaired) electrons. The first kappa shape index (κ1) is 20.8. The highest BCUT2D eigenvalue weighted by Crippen LogP contribution is 2.28. The molecule has 2 aromatic carbocycles. The number of sulfonamides is 1. The zero-order valence-corrected chi connectivity index (χ0v) is 17.3. The molecule has 152 valence electrons. The van der Waals surface area contributed by atoms with Gasteiger partial charge in [0.2, 0.25) is 10.0 Å². The van der Waals surface area contributed by atoms with Crippen LogP contribution in [0.2, 0.25) is 0 Å². The van der Waals surface area contributed by atoms with Crippen molar-refractivity contribution in [1.82, 2.24) is 9.21 Å². The van der Waals surface area contributed by atoms with Gasteiger partial charge in [-0.2, -0.15) is 4.31 Å². The smallest absolute Gasteiger partial charge is 0.243 e. The SMILES string of the molecule is Cc1cc(O)c(CN2CCN(S(=O)(=O)c3ccc(F)cc3)CC2)cc1C(C)C. The minimum Gasteiger partial charge on any atom is -0.508 e. The van der Waals surface area contributed by atoms with Crippen molar-refractivity contribution >= 4 is 10.0 Å². The lowest BCUT2D eigenvalue weighted by Gasteiger charge is -2.34. The normalized spacial score (nSPS) is 16.6. The second kappa shape index (κ2) is 8.19. The van der Waals surface area contributed by atoms with Crippen molar-refractivity contribution < 1.29 is 17.9 Å². The Morgan fingerprint density at radius 3 is 2.25 bits per heavy atom. The molecule has 2 aromatic rings. The molecule has 28 heavy (non-hydrogen) atoms. The highest BCUT2D eigenvalue weighted by molar-refractivity contribution is 7.89. The minimum absolute atomic E-state index is 0.111. The van der Waals surface area contributed by atoms with E-state index in [1.54, 1.807) is 6.07 Å². The topological polar surface area (TPSA) is 60.9 Å². The molecule has 5 nitrogen and oxygen atoms in total. The molecule has 0 aromatic heterocycles. The number of hydrogen-bond donors (Lipinski definition) is 1. The predicted molar refractivity (Wildman–Crippen MR) is 107 cm³/mol. The molecule has 0 spiro atoms. The number of phenols is 1. The standard InChI is InChI=1S/C21H27FN2O3S/c1-15(2)20-13-17(21(25)12-16(20)3)14-23-8-10-24(11-9-23)28(26,27)19-6-4-18(22)5-7-19/h4-7,12-13,15,25H,8-11,14H2,1-3H3. The summed E-state index contributed by atoms with van der Waals surface area (Å²) in [6.07, 6.45) is 0. The summed E-state index contributed by atoms with van der Waals surface area (Å²) in [6, 6.07) is 8.78. The van der Waals surface area contributed by atoms with Crippen LogP contribution in [-0.4, -0.2) is 48.9 Å². The second-order valence-electron chi connectivity index (χ2n) is 7.63. The number of aromatic hydroxyl groups is 1. The van der Waals surface area contributed by atoms with Crippen molar-refractivity contribution in [2.24, 2.45) is 0 Å². The molecular formula is C21H27FN2O3S. The number of benzene rings is 2. The fourth-order valence-corrected chi connectivity index (χ4v) is 5.05. The average molecular weight is 407 g/mol. The van der Waals surface area contributed by atoms with E-state index in [1.807, 2.05) is 6.92 Å². The van der Waals surface area contributed by atoms with Crippen molar-refractivity contribution in [3.05, 3.63) is 58.9 Å². The first-order valence-corrected chi connectivity index (χ1v) is 10.9. The van der Waals surface area contributed by atoms with Crippen LogP contribution >= 0.6 is 0 Å². The van der Waals surface area contributed by atoms with Gasteiger partial charge in [0.05, 0.1) is 4.90 Å². The van der Waals surface area contributed by atoms with Gasteiger partial charge >= 0.3 is 0 Å². The predicted octanol–water partition coefficient (Wildman–Crippen LogP) is 3.47. The monoisotopic (exact) mass is 406 g/mol. The fourth-order valence-electron chi connectivity index (χ4n) is 3.63. The van der Waals surface area contributed by atoms with Gasteiger partial charge in [0, 0.05) is 38.3 Å². The molecule has 1 aliphatic heterocycles. The van der Waals surface area contributed by atoms with Crippen LogP contribution in [0, 0.1) is 12.7 Å². The molecule has 1 heterocycles. The van der Waals surface area contributed by atoms with Crippen molar-refractivity contribution in [1.29, 1.82) is 0 Å². The largest absolute Gasteiger partial charge is 0.508 e. The number of nitrogens with zero attached hydrogens (tertiary/aromatic N) is 2. The summed E-state index contributed by atoms with van der Waals surface area (Å²) in [5.41, 5.74) is 3.15. The van der Waals surface area contributed by atoms with E-state index < -0.39 is 15.8 Å². The van der Waals surface area contributed by atoms with Crippen molar-refractivity contribution in [2.75, 3.05) is 26.2 Å². The van der Waals surface area contributed by atoms with Crippen LogP contribution in [0.15, 0.2) is 41.3 Å². The van der Waals surface area contributed by atoms with Gasteiger partial charge < -0.3 is 5.11 Å². The van der Waals surface area contributed by atoms with E-state index in [-0.39, 0.29) is 10.6 Å². The molecule has 1 aliphatic rings. The van der Waals surface area contributed by atoms with E-state index in [2.05, 4.69) is 24.8 Å². The maximum Gasteiger partial charge on any atom is 0.243 e. The molecule has 1 fully saturated rings. The Bertz CT molecular complexity index is 935. The van der Waals surface area contributed by atoms with Gasteiger partial charge in [0.25, 0.3) is 0 Å². The van der Waals surface area contributed by atoms with Gasteiger partial charge in [-0.15, -0.1) is 0 Å². The number of phenolic OH excluding ortho intramolecular Hbond substituents is 1. The summed E-state index contributed by atoms with van der Waals surface area (Å²) >= 11 is 0. The van der Waals surface area contributed by atoms with Gasteiger partial charge in [-0.25, -0.2) is 12.8 Å². The average Bonchev–Trinajstić information content (AvgIpc) is 2.64. The van der Waals surface area contributed by atoms with Crippen LogP contribution < -0.4 is 0 Å². The van der Waals surface area contributed by atoms with Crippen molar-refractivity contribution in [3.63, 3.8) is 0 Å². The molecule has 0 unspecified atom stereocenters. The molecule has 1 saturated heterocycles. The lowest BCUT2D eigenvalue weighted by molar-refractivity contribution is 0.180. The number of halogens is 1. The first-order valence-electron chi connectivity index (χ1n) is 9.49. The quantitative estimate of drug-likeness (QED) is 0.826. The third kappa shape index (κ3) is 4.37. The molecule has 0 amide bonds. The molecule has 0 atom stereocenters. The summed E-state index contributed by atoms with van der Waals surface area (Å²) < 4.78 is 40.0. The van der Waals surface area contributed by atoms with E-state index in [4.69, 9.17) is 0 Å². The maximum atomic E-state index is 13.1. The lowest BCUT2D eigenvalue weighted by atomic mass is 9.95. The molecule has 1 N–H and O–H groups in total. The molecule has 3 rings (SSSR count). The summed E-state index contributed by atoms with van der Waals surface area (Å²) in [4.78, 5) is 2.26. The maximum absolute atomic E-state index is 13.1. The Morgan fingerprint density at radius 1 is 1.07 bits per heavy atom. The van der Waals surface area contributed by atoms with Crippen LogP contribution in [0.5, 0.6) is 5.75 Å². The van der Waals surface area contributed by atoms with Gasteiger partial charge in [-0.1, -0.05) is 19.9 Å². The Balaban J connectivity index is 1.68. The van der Waals surface area contributed by atoms with E-state index in [0.717, 1.165) is 23.3 Å². The Kier molecular flexibility index (Phi) is 6.07. The summed E-state index contributed by atoms with van der Waals surface area (Å²) in [5.74, 6) is 0.197. The van der Waals surface area contributed by atoms with Crippen LogP contribution in [0.4, 0.5) is 4.39 Å². The van der Waals surface area contributed by atoms with Crippen molar-refractivity contribution in [3.8, 4) is 5.75 Å². The van der Waals surface area contributed by atoms with Crippen LogP contribution in [0.3, 0.4) is 0 Å². The van der Waals surface area contributed by atoms with Gasteiger partial charge in [-0.3, -0.25) is 4.90 Å².